The van der Waals surface area contributed by atoms with Crippen LogP contribution in [0.5, 0.6) is 11.6 Å². The fourth-order valence-electron chi connectivity index (χ4n) is 2.86. The van der Waals surface area contributed by atoms with Gasteiger partial charge in [0.25, 0.3) is 0 Å². The molecule has 0 aliphatic carbocycles. The van der Waals surface area contributed by atoms with Crippen molar-refractivity contribution >= 4 is 22.7 Å². The summed E-state index contributed by atoms with van der Waals surface area (Å²) in [6.45, 7) is 2.66. The molecular formula is C21H21N5O. The number of nitrogens with one attached hydrogen (secondary N) is 1. The van der Waals surface area contributed by atoms with E-state index in [0.29, 0.717) is 12.4 Å². The van der Waals surface area contributed by atoms with Gasteiger partial charge in [-0.25, -0.2) is 9.97 Å². The Morgan fingerprint density at radius 2 is 1.89 bits per heavy atom. The maximum atomic E-state index is 5.87. The second kappa shape index (κ2) is 6.99. The van der Waals surface area contributed by atoms with Crippen molar-refractivity contribution in [1.29, 1.82) is 0 Å². The first-order valence-electron chi connectivity index (χ1n) is 8.74. The number of benzene rings is 2. The summed E-state index contributed by atoms with van der Waals surface area (Å²) >= 11 is 0. The number of ether oxygens (including phenoxy) is 1. The van der Waals surface area contributed by atoms with E-state index in [1.54, 1.807) is 6.20 Å². The number of nitrogen functional groups attached to an aromatic ring is 1. The zero-order chi connectivity index (χ0) is 18.8. The van der Waals surface area contributed by atoms with Gasteiger partial charge in [0.1, 0.15) is 5.75 Å². The number of aryl methyl sites for hydroxylation is 2. The largest absolute Gasteiger partial charge is 0.439 e. The first kappa shape index (κ1) is 16.9. The summed E-state index contributed by atoms with van der Waals surface area (Å²) in [5, 5.41) is 3.37. The van der Waals surface area contributed by atoms with E-state index in [1.165, 1.54) is 0 Å². The molecule has 2 aromatic carbocycles. The standard InChI is InChI=1S/C21H21N5O/c1-14-3-10-20(23-12-14)27-17-7-4-15(5-8-17)13-24-21-25-18-9-6-16(22)11-19(18)26(21)2/h3-12H,13,22H2,1-2H3,(H,24,25). The lowest BCUT2D eigenvalue weighted by Gasteiger charge is -2.08. The van der Waals surface area contributed by atoms with E-state index in [2.05, 4.69) is 15.3 Å². The molecule has 6 nitrogen and oxygen atoms in total. The Morgan fingerprint density at radius 1 is 1.07 bits per heavy atom. The molecule has 0 aliphatic rings. The van der Waals surface area contributed by atoms with Crippen molar-refractivity contribution in [2.45, 2.75) is 13.5 Å². The number of rotatable bonds is 5. The van der Waals surface area contributed by atoms with Crippen molar-refractivity contribution in [3.63, 3.8) is 0 Å². The predicted octanol–water partition coefficient (Wildman–Crippen LogP) is 4.26. The van der Waals surface area contributed by atoms with Crippen LogP contribution in [0, 0.1) is 6.92 Å². The van der Waals surface area contributed by atoms with Gasteiger partial charge in [0.15, 0.2) is 0 Å². The highest BCUT2D eigenvalue weighted by atomic mass is 16.5. The predicted molar refractivity (Wildman–Crippen MR) is 108 cm³/mol. The number of fused-ring (bicyclic) bond motifs is 1. The summed E-state index contributed by atoms with van der Waals surface area (Å²) in [5.41, 5.74) is 10.8. The highest BCUT2D eigenvalue weighted by Crippen LogP contribution is 2.22. The third-order valence-corrected chi connectivity index (χ3v) is 4.39. The number of pyridine rings is 1. The van der Waals surface area contributed by atoms with E-state index < -0.39 is 0 Å². The van der Waals surface area contributed by atoms with Gasteiger partial charge in [-0.2, -0.15) is 0 Å². The van der Waals surface area contributed by atoms with Gasteiger partial charge < -0.3 is 20.4 Å². The van der Waals surface area contributed by atoms with Crippen molar-refractivity contribution in [2.24, 2.45) is 7.05 Å². The number of hydrogen-bond donors (Lipinski definition) is 2. The van der Waals surface area contributed by atoms with Crippen LogP contribution in [-0.2, 0) is 13.6 Å². The summed E-state index contributed by atoms with van der Waals surface area (Å²) in [7, 11) is 1.97. The van der Waals surface area contributed by atoms with Crippen molar-refractivity contribution in [2.75, 3.05) is 11.1 Å². The quantitative estimate of drug-likeness (QED) is 0.521. The number of imidazole rings is 1. The monoisotopic (exact) mass is 359 g/mol. The zero-order valence-electron chi connectivity index (χ0n) is 15.3. The average molecular weight is 359 g/mol. The Labute approximate surface area is 157 Å². The summed E-state index contributed by atoms with van der Waals surface area (Å²) in [6, 6.07) is 17.5. The minimum absolute atomic E-state index is 0.588. The second-order valence-corrected chi connectivity index (χ2v) is 6.52. The number of hydrogen-bond acceptors (Lipinski definition) is 5. The van der Waals surface area contributed by atoms with Crippen LogP contribution in [-0.4, -0.2) is 14.5 Å². The maximum Gasteiger partial charge on any atom is 0.219 e. The maximum absolute atomic E-state index is 5.87. The number of aromatic nitrogens is 3. The molecular weight excluding hydrogens is 338 g/mol. The SMILES string of the molecule is Cc1ccc(Oc2ccc(CNc3nc4ccc(N)cc4n3C)cc2)nc1. The first-order valence-corrected chi connectivity index (χ1v) is 8.74. The normalized spacial score (nSPS) is 10.9. The van der Waals surface area contributed by atoms with E-state index in [4.69, 9.17) is 10.5 Å². The van der Waals surface area contributed by atoms with Crippen LogP contribution in [0.1, 0.15) is 11.1 Å². The van der Waals surface area contributed by atoms with Gasteiger partial charge in [-0.1, -0.05) is 18.2 Å². The Balaban J connectivity index is 1.43. The lowest BCUT2D eigenvalue weighted by molar-refractivity contribution is 0.462. The molecule has 6 heteroatoms. The van der Waals surface area contributed by atoms with Crippen LogP contribution in [0.4, 0.5) is 11.6 Å². The highest BCUT2D eigenvalue weighted by molar-refractivity contribution is 5.81. The molecule has 2 heterocycles. The van der Waals surface area contributed by atoms with Crippen LogP contribution < -0.4 is 15.8 Å². The molecule has 0 fully saturated rings. The minimum Gasteiger partial charge on any atom is -0.439 e. The summed E-state index contributed by atoms with van der Waals surface area (Å²) in [5.74, 6) is 2.15. The minimum atomic E-state index is 0.588. The molecule has 136 valence electrons. The number of nitrogens with two attached hydrogens (primary N) is 1. The van der Waals surface area contributed by atoms with Gasteiger partial charge in [-0.15, -0.1) is 0 Å². The molecule has 0 radical (unpaired) electrons. The van der Waals surface area contributed by atoms with Gasteiger partial charge in [0.2, 0.25) is 11.8 Å². The highest BCUT2D eigenvalue weighted by Gasteiger charge is 2.07. The molecule has 0 unspecified atom stereocenters. The van der Waals surface area contributed by atoms with Crippen molar-refractivity contribution in [1.82, 2.24) is 14.5 Å². The Bertz CT molecular complexity index is 1070. The fourth-order valence-corrected chi connectivity index (χ4v) is 2.86. The molecule has 4 rings (SSSR count). The molecule has 4 aromatic rings. The molecule has 0 atom stereocenters. The molecule has 0 aliphatic heterocycles. The summed E-state index contributed by atoms with van der Waals surface area (Å²) in [4.78, 5) is 8.87. The van der Waals surface area contributed by atoms with Gasteiger partial charge in [-0.05, 0) is 48.4 Å². The Kier molecular flexibility index (Phi) is 4.38. The van der Waals surface area contributed by atoms with Crippen molar-refractivity contribution in [3.8, 4) is 11.6 Å². The van der Waals surface area contributed by atoms with Crippen LogP contribution in [0.25, 0.3) is 11.0 Å². The lowest BCUT2D eigenvalue weighted by atomic mass is 10.2. The molecule has 3 N–H and O–H groups in total. The molecule has 0 spiro atoms. The molecule has 0 amide bonds. The van der Waals surface area contributed by atoms with E-state index >= 15 is 0 Å². The smallest absolute Gasteiger partial charge is 0.219 e. The van der Waals surface area contributed by atoms with Crippen LogP contribution >= 0.6 is 0 Å². The van der Waals surface area contributed by atoms with Crippen LogP contribution in [0.3, 0.4) is 0 Å². The van der Waals surface area contributed by atoms with Crippen LogP contribution in [0.2, 0.25) is 0 Å². The summed E-state index contributed by atoms with van der Waals surface area (Å²) < 4.78 is 7.77. The molecule has 27 heavy (non-hydrogen) atoms. The zero-order valence-corrected chi connectivity index (χ0v) is 15.3. The third kappa shape index (κ3) is 3.69. The molecule has 0 saturated carbocycles. The fraction of sp³-hybridized carbons (Fsp3) is 0.143. The van der Waals surface area contributed by atoms with E-state index in [-0.39, 0.29) is 0 Å². The van der Waals surface area contributed by atoms with E-state index in [9.17, 15) is 0 Å². The second-order valence-electron chi connectivity index (χ2n) is 6.52. The van der Waals surface area contributed by atoms with E-state index in [1.807, 2.05) is 73.1 Å². The van der Waals surface area contributed by atoms with E-state index in [0.717, 1.165) is 39.5 Å². The Hall–Kier alpha value is -3.54. The van der Waals surface area contributed by atoms with Gasteiger partial charge in [0, 0.05) is 31.5 Å². The number of nitrogens with zero attached hydrogens (tertiary/aromatic N) is 3. The van der Waals surface area contributed by atoms with Gasteiger partial charge in [0.05, 0.1) is 11.0 Å². The topological polar surface area (TPSA) is 78.0 Å². The van der Waals surface area contributed by atoms with Crippen molar-refractivity contribution < 1.29 is 4.74 Å². The van der Waals surface area contributed by atoms with Crippen molar-refractivity contribution in [3.05, 3.63) is 71.9 Å². The van der Waals surface area contributed by atoms with Crippen LogP contribution in [0.15, 0.2) is 60.8 Å². The molecule has 0 saturated heterocycles. The van der Waals surface area contributed by atoms with Gasteiger partial charge >= 0.3 is 0 Å². The molecule has 0 bridgehead atoms. The molecule has 2 aromatic heterocycles. The third-order valence-electron chi connectivity index (χ3n) is 4.39. The first-order chi connectivity index (χ1) is 13.1. The van der Waals surface area contributed by atoms with Gasteiger partial charge in [-0.3, -0.25) is 0 Å². The summed E-state index contributed by atoms with van der Waals surface area (Å²) in [6.07, 6.45) is 1.79. The average Bonchev–Trinajstić information content (AvgIpc) is 2.98. The Morgan fingerprint density at radius 3 is 2.63 bits per heavy atom. The number of anilines is 2. The lowest BCUT2D eigenvalue weighted by Crippen LogP contribution is -2.04.